The lowest BCUT2D eigenvalue weighted by atomic mass is 9.91. The van der Waals surface area contributed by atoms with Crippen LogP contribution in [0.5, 0.6) is 5.75 Å². The highest BCUT2D eigenvalue weighted by molar-refractivity contribution is 5.79. The van der Waals surface area contributed by atoms with E-state index in [0.29, 0.717) is 11.7 Å². The third-order valence-electron chi connectivity index (χ3n) is 3.82. The van der Waals surface area contributed by atoms with Gasteiger partial charge in [-0.1, -0.05) is 24.8 Å². The van der Waals surface area contributed by atoms with E-state index in [-0.39, 0.29) is 6.61 Å². The summed E-state index contributed by atoms with van der Waals surface area (Å²) in [6, 6.07) is 8.00. The molecule has 1 N–H and O–H groups in total. The summed E-state index contributed by atoms with van der Waals surface area (Å²) in [7, 11) is 0. The second-order valence-corrected chi connectivity index (χ2v) is 6.12. The first-order valence-electron chi connectivity index (χ1n) is 7.81. The Bertz CT molecular complexity index is 519. The van der Waals surface area contributed by atoms with Crippen LogP contribution in [0.15, 0.2) is 36.9 Å². The molecule has 1 fully saturated rings. The van der Waals surface area contributed by atoms with Crippen molar-refractivity contribution in [1.82, 2.24) is 5.32 Å². The molecule has 1 aromatic rings. The maximum Gasteiger partial charge on any atom is 0.350 e. The Morgan fingerprint density at radius 1 is 1.50 bits per heavy atom. The average Bonchev–Trinajstić information content (AvgIpc) is 2.53. The van der Waals surface area contributed by atoms with E-state index in [4.69, 9.17) is 9.47 Å². The van der Waals surface area contributed by atoms with Gasteiger partial charge < -0.3 is 14.8 Å². The van der Waals surface area contributed by atoms with Crippen LogP contribution in [0, 0.1) is 0 Å². The van der Waals surface area contributed by atoms with Crippen molar-refractivity contribution in [2.75, 3.05) is 19.7 Å². The molecule has 0 aliphatic carbocycles. The van der Waals surface area contributed by atoms with Crippen molar-refractivity contribution in [1.29, 1.82) is 0 Å². The Hall–Kier alpha value is -1.81. The van der Waals surface area contributed by atoms with Crippen LogP contribution in [0.2, 0.25) is 0 Å². The first-order chi connectivity index (χ1) is 10.5. The lowest BCUT2D eigenvalue weighted by Crippen LogP contribution is -2.39. The van der Waals surface area contributed by atoms with E-state index >= 15 is 0 Å². The minimum Gasteiger partial charge on any atom is -0.476 e. The molecular formula is C18H25NO3. The molecule has 1 atom stereocenters. The van der Waals surface area contributed by atoms with Gasteiger partial charge in [-0.3, -0.25) is 0 Å². The number of piperidine rings is 1. The van der Waals surface area contributed by atoms with Gasteiger partial charge in [-0.2, -0.15) is 0 Å². The van der Waals surface area contributed by atoms with Gasteiger partial charge in [-0.15, -0.1) is 0 Å². The van der Waals surface area contributed by atoms with E-state index in [1.807, 2.05) is 18.2 Å². The fraction of sp³-hybridized carbons (Fsp3) is 0.500. The zero-order valence-corrected chi connectivity index (χ0v) is 13.4. The van der Waals surface area contributed by atoms with Crippen LogP contribution in [0.1, 0.15) is 38.2 Å². The average molecular weight is 303 g/mol. The molecule has 0 bridgehead atoms. The number of nitrogens with one attached hydrogen (secondary N) is 1. The molecule has 4 heteroatoms. The normalized spacial score (nSPS) is 18.5. The molecule has 0 amide bonds. The molecule has 0 radical (unpaired) electrons. The van der Waals surface area contributed by atoms with Gasteiger partial charge in [-0.05, 0) is 56.8 Å². The number of hydrogen-bond acceptors (Lipinski definition) is 4. The lowest BCUT2D eigenvalue weighted by Gasteiger charge is -2.26. The zero-order chi connectivity index (χ0) is 16.0. The molecule has 1 saturated heterocycles. The van der Waals surface area contributed by atoms with E-state index < -0.39 is 11.6 Å². The minimum absolute atomic E-state index is 0.194. The summed E-state index contributed by atoms with van der Waals surface area (Å²) in [5.74, 6) is 0.814. The summed E-state index contributed by atoms with van der Waals surface area (Å²) in [4.78, 5) is 12.0. The van der Waals surface area contributed by atoms with Crippen molar-refractivity contribution < 1.29 is 14.3 Å². The summed E-state index contributed by atoms with van der Waals surface area (Å²) in [6.45, 7) is 9.25. The summed E-state index contributed by atoms with van der Waals surface area (Å²) in [5.41, 5.74) is 0.229. The number of hydrogen-bond donors (Lipinski definition) is 1. The summed E-state index contributed by atoms with van der Waals surface area (Å²) in [6.07, 6.45) is 3.92. The summed E-state index contributed by atoms with van der Waals surface area (Å²) >= 11 is 0. The van der Waals surface area contributed by atoms with Gasteiger partial charge in [0, 0.05) is 6.54 Å². The molecule has 1 aliphatic heterocycles. The summed E-state index contributed by atoms with van der Waals surface area (Å²) in [5, 5.41) is 3.42. The number of carbonyl (C=O) groups excluding carboxylic acids is 1. The quantitative estimate of drug-likeness (QED) is 0.648. The van der Waals surface area contributed by atoms with E-state index in [2.05, 4.69) is 18.0 Å². The van der Waals surface area contributed by atoms with E-state index in [1.54, 1.807) is 19.9 Å². The van der Waals surface area contributed by atoms with Crippen LogP contribution in [-0.2, 0) is 9.53 Å². The molecule has 22 heavy (non-hydrogen) atoms. The van der Waals surface area contributed by atoms with E-state index in [0.717, 1.165) is 13.1 Å². The first-order valence-corrected chi connectivity index (χ1v) is 7.81. The van der Waals surface area contributed by atoms with Crippen LogP contribution in [0.25, 0.3) is 0 Å². The van der Waals surface area contributed by atoms with Gasteiger partial charge in [0.1, 0.15) is 12.4 Å². The fourth-order valence-corrected chi connectivity index (χ4v) is 2.61. The second kappa shape index (κ2) is 7.45. The fourth-order valence-electron chi connectivity index (χ4n) is 2.61. The Morgan fingerprint density at radius 3 is 3.00 bits per heavy atom. The van der Waals surface area contributed by atoms with Crippen molar-refractivity contribution in [3.63, 3.8) is 0 Å². The highest BCUT2D eigenvalue weighted by atomic mass is 16.6. The van der Waals surface area contributed by atoms with E-state index in [9.17, 15) is 4.79 Å². The van der Waals surface area contributed by atoms with Crippen LogP contribution in [-0.4, -0.2) is 31.3 Å². The second-order valence-electron chi connectivity index (χ2n) is 6.12. The van der Waals surface area contributed by atoms with Crippen LogP contribution >= 0.6 is 0 Å². The van der Waals surface area contributed by atoms with Crippen molar-refractivity contribution in [2.24, 2.45) is 0 Å². The number of benzene rings is 1. The number of rotatable bonds is 6. The lowest BCUT2D eigenvalue weighted by molar-refractivity contribution is -0.157. The Labute approximate surface area is 132 Å². The van der Waals surface area contributed by atoms with Gasteiger partial charge in [0.15, 0.2) is 5.60 Å². The van der Waals surface area contributed by atoms with Crippen molar-refractivity contribution in [3.05, 3.63) is 42.5 Å². The molecule has 2 rings (SSSR count). The molecular weight excluding hydrogens is 278 g/mol. The van der Waals surface area contributed by atoms with Crippen LogP contribution in [0.4, 0.5) is 0 Å². The van der Waals surface area contributed by atoms with Gasteiger partial charge >= 0.3 is 5.97 Å². The molecule has 1 heterocycles. The molecule has 0 saturated carbocycles. The predicted octanol–water partition coefficient (Wildman–Crippen LogP) is 3.04. The molecule has 120 valence electrons. The van der Waals surface area contributed by atoms with Crippen molar-refractivity contribution >= 4 is 5.97 Å². The van der Waals surface area contributed by atoms with E-state index in [1.165, 1.54) is 18.4 Å². The number of carbonyl (C=O) groups is 1. The third-order valence-corrected chi connectivity index (χ3v) is 3.82. The smallest absolute Gasteiger partial charge is 0.350 e. The maximum absolute atomic E-state index is 12.0. The Kier molecular flexibility index (Phi) is 5.61. The molecule has 1 unspecified atom stereocenters. The van der Waals surface area contributed by atoms with Crippen LogP contribution in [0.3, 0.4) is 0 Å². The maximum atomic E-state index is 12.0. The van der Waals surface area contributed by atoms with Crippen molar-refractivity contribution in [2.45, 2.75) is 38.2 Å². The highest BCUT2D eigenvalue weighted by Gasteiger charge is 2.31. The SMILES string of the molecule is C=CCOC(=O)C(C)(C)Oc1cccc(C2CCCNC2)c1. The van der Waals surface area contributed by atoms with Gasteiger partial charge in [-0.25, -0.2) is 4.79 Å². The molecule has 1 aromatic carbocycles. The Balaban J connectivity index is 2.05. The molecule has 1 aliphatic rings. The highest BCUT2D eigenvalue weighted by Crippen LogP contribution is 2.28. The zero-order valence-electron chi connectivity index (χ0n) is 13.4. The largest absolute Gasteiger partial charge is 0.476 e. The van der Waals surface area contributed by atoms with Crippen molar-refractivity contribution in [3.8, 4) is 5.75 Å². The molecule has 0 aromatic heterocycles. The third kappa shape index (κ3) is 4.34. The van der Waals surface area contributed by atoms with Gasteiger partial charge in [0.05, 0.1) is 0 Å². The van der Waals surface area contributed by atoms with Gasteiger partial charge in [0.25, 0.3) is 0 Å². The first kappa shape index (κ1) is 16.6. The van der Waals surface area contributed by atoms with Crippen LogP contribution < -0.4 is 10.1 Å². The molecule has 0 spiro atoms. The number of esters is 1. The standard InChI is InChI=1S/C18H25NO3/c1-4-11-21-17(20)18(2,3)22-16-9-5-7-14(12-16)15-8-6-10-19-13-15/h4-5,7,9,12,15,19H,1,6,8,10-11,13H2,2-3H3. The predicted molar refractivity (Wildman–Crippen MR) is 87.1 cm³/mol. The molecule has 4 nitrogen and oxygen atoms in total. The number of ether oxygens (including phenoxy) is 2. The monoisotopic (exact) mass is 303 g/mol. The topological polar surface area (TPSA) is 47.6 Å². The van der Waals surface area contributed by atoms with Gasteiger partial charge in [0.2, 0.25) is 0 Å². The summed E-state index contributed by atoms with van der Waals surface area (Å²) < 4.78 is 10.9. The minimum atomic E-state index is -1.02. The Morgan fingerprint density at radius 2 is 2.32 bits per heavy atom.